The number of benzene rings is 4. The molecular weight excluding hydrogens is 432 g/mol. The first-order chi connectivity index (χ1) is 17.0. The van der Waals surface area contributed by atoms with Crippen molar-refractivity contribution in [3.05, 3.63) is 120 Å². The molecule has 0 aliphatic carbocycles. The van der Waals surface area contributed by atoms with E-state index in [2.05, 4.69) is 78.3 Å². The van der Waals surface area contributed by atoms with Crippen molar-refractivity contribution < 1.29 is 14.1 Å². The van der Waals surface area contributed by atoms with Crippen LogP contribution in [0.3, 0.4) is 0 Å². The van der Waals surface area contributed by atoms with Crippen LogP contribution < -0.4 is 5.32 Å². The maximum absolute atomic E-state index is 11.9. The molecule has 4 heteroatoms. The molecule has 0 unspecified atom stereocenters. The number of esters is 1. The Morgan fingerprint density at radius 2 is 1.63 bits per heavy atom. The zero-order valence-corrected chi connectivity index (χ0v) is 20.3. The molecule has 0 saturated carbocycles. The van der Waals surface area contributed by atoms with E-state index in [-0.39, 0.29) is 11.4 Å². The van der Waals surface area contributed by atoms with Gasteiger partial charge in [-0.05, 0) is 55.0 Å². The molecule has 1 aliphatic rings. The highest BCUT2D eigenvalue weighted by Crippen LogP contribution is 2.44. The smallest absolute Gasteiger partial charge is 0.337 e. The van der Waals surface area contributed by atoms with E-state index in [1.807, 2.05) is 48.7 Å². The molecule has 0 aromatic heterocycles. The van der Waals surface area contributed by atoms with Crippen LogP contribution in [-0.2, 0) is 16.7 Å². The van der Waals surface area contributed by atoms with Gasteiger partial charge in [-0.25, -0.2) is 4.79 Å². The van der Waals surface area contributed by atoms with Crippen molar-refractivity contribution >= 4 is 33.8 Å². The molecule has 0 atom stereocenters. The summed E-state index contributed by atoms with van der Waals surface area (Å²) >= 11 is 0. The summed E-state index contributed by atoms with van der Waals surface area (Å²) < 4.78 is 7.24. The van der Waals surface area contributed by atoms with Gasteiger partial charge in [-0.2, -0.15) is 4.58 Å². The molecule has 0 fully saturated rings. The van der Waals surface area contributed by atoms with Crippen molar-refractivity contribution in [2.75, 3.05) is 12.4 Å². The number of ether oxygens (including phenoxy) is 1. The molecule has 5 rings (SSSR count). The van der Waals surface area contributed by atoms with Gasteiger partial charge in [0.15, 0.2) is 12.3 Å². The molecule has 4 aromatic rings. The maximum Gasteiger partial charge on any atom is 0.337 e. The third-order valence-corrected chi connectivity index (χ3v) is 6.73. The second-order valence-electron chi connectivity index (χ2n) is 9.31. The van der Waals surface area contributed by atoms with Gasteiger partial charge in [-0.3, -0.25) is 0 Å². The monoisotopic (exact) mass is 461 g/mol. The number of allylic oxidation sites excluding steroid dienone is 1. The van der Waals surface area contributed by atoms with Gasteiger partial charge in [-0.1, -0.05) is 54.6 Å². The Labute approximate surface area is 206 Å². The Balaban J connectivity index is 1.58. The minimum atomic E-state index is -0.321. The van der Waals surface area contributed by atoms with Crippen LogP contribution in [0.1, 0.15) is 35.3 Å². The first-order valence-corrected chi connectivity index (χ1v) is 11.8. The van der Waals surface area contributed by atoms with Crippen LogP contribution in [0.4, 0.5) is 11.4 Å². The van der Waals surface area contributed by atoms with Crippen molar-refractivity contribution in [2.24, 2.45) is 0 Å². The Kier molecular flexibility index (Phi) is 5.96. The van der Waals surface area contributed by atoms with Gasteiger partial charge in [-0.15, -0.1) is 0 Å². The summed E-state index contributed by atoms with van der Waals surface area (Å²) in [5.41, 5.74) is 6.29. The van der Waals surface area contributed by atoms with E-state index in [0.29, 0.717) is 12.1 Å². The molecule has 0 saturated heterocycles. The van der Waals surface area contributed by atoms with Gasteiger partial charge in [0.05, 0.1) is 18.1 Å². The molecule has 174 valence electrons. The number of nitrogens with zero attached hydrogens (tertiary/aromatic N) is 1. The largest absolute Gasteiger partial charge is 0.465 e. The van der Waals surface area contributed by atoms with Gasteiger partial charge in [0, 0.05) is 35.2 Å². The summed E-state index contributed by atoms with van der Waals surface area (Å²) in [5.74, 6) is -0.321. The minimum absolute atomic E-state index is 0.197. The number of methoxy groups -OCH3 is 1. The van der Waals surface area contributed by atoms with Gasteiger partial charge in [0.25, 0.3) is 0 Å². The Hall–Kier alpha value is -4.18. The second-order valence-corrected chi connectivity index (χ2v) is 9.31. The maximum atomic E-state index is 11.9. The van der Waals surface area contributed by atoms with E-state index >= 15 is 0 Å². The van der Waals surface area contributed by atoms with E-state index in [9.17, 15) is 4.79 Å². The van der Waals surface area contributed by atoms with Crippen LogP contribution >= 0.6 is 0 Å². The second kappa shape index (κ2) is 9.22. The number of nitrogens with one attached hydrogen (secondary N) is 1. The van der Waals surface area contributed by atoms with Crippen molar-refractivity contribution in [1.29, 1.82) is 0 Å². The van der Waals surface area contributed by atoms with Gasteiger partial charge < -0.3 is 10.1 Å². The Bertz CT molecular complexity index is 1450. The highest BCUT2D eigenvalue weighted by Gasteiger charge is 2.45. The lowest BCUT2D eigenvalue weighted by Crippen LogP contribution is -2.28. The molecule has 0 spiro atoms. The molecule has 0 amide bonds. The fourth-order valence-corrected chi connectivity index (χ4v) is 5.00. The summed E-state index contributed by atoms with van der Waals surface area (Å²) in [6.07, 6.45) is 4.21. The first-order valence-electron chi connectivity index (χ1n) is 11.8. The number of carbonyl (C=O) groups is 1. The summed E-state index contributed by atoms with van der Waals surface area (Å²) in [7, 11) is 1.40. The molecule has 1 aliphatic heterocycles. The molecule has 1 heterocycles. The van der Waals surface area contributed by atoms with Crippen molar-refractivity contribution in [3.63, 3.8) is 0 Å². The number of hydrogen-bond acceptors (Lipinski definition) is 3. The van der Waals surface area contributed by atoms with Crippen molar-refractivity contribution in [1.82, 2.24) is 0 Å². The van der Waals surface area contributed by atoms with E-state index in [4.69, 9.17) is 4.74 Å². The van der Waals surface area contributed by atoms with Crippen LogP contribution in [0, 0.1) is 0 Å². The third-order valence-electron chi connectivity index (χ3n) is 6.73. The lowest BCUT2D eigenvalue weighted by atomic mass is 9.79. The predicted molar refractivity (Wildman–Crippen MR) is 143 cm³/mol. The van der Waals surface area contributed by atoms with Gasteiger partial charge >= 0.3 is 5.97 Å². The lowest BCUT2D eigenvalue weighted by Gasteiger charge is -2.17. The molecular formula is C31H29N2O2+. The summed E-state index contributed by atoms with van der Waals surface area (Å²) in [4.78, 5) is 11.9. The lowest BCUT2D eigenvalue weighted by molar-refractivity contribution is -0.455. The molecule has 4 aromatic carbocycles. The van der Waals surface area contributed by atoms with E-state index in [0.717, 1.165) is 11.3 Å². The topological polar surface area (TPSA) is 41.3 Å². The van der Waals surface area contributed by atoms with Crippen LogP contribution in [0.25, 0.3) is 10.8 Å². The SMILES string of the molecule is COC(=O)c1ccc(C[N+]2=C(/C=C/Nc3ccccc3)C(C)(C)c3c2ccc2ccccc32)cc1. The zero-order chi connectivity index (χ0) is 24.4. The van der Waals surface area contributed by atoms with Crippen LogP contribution in [0.15, 0.2) is 103 Å². The quantitative estimate of drug-likeness (QED) is 0.253. The average Bonchev–Trinajstić information content (AvgIpc) is 3.10. The fourth-order valence-electron chi connectivity index (χ4n) is 5.00. The summed E-state index contributed by atoms with van der Waals surface area (Å²) in [5, 5.41) is 5.93. The molecule has 4 nitrogen and oxygen atoms in total. The number of rotatable bonds is 6. The van der Waals surface area contributed by atoms with Crippen LogP contribution in [0.5, 0.6) is 0 Å². The highest BCUT2D eigenvalue weighted by molar-refractivity contribution is 6.07. The first kappa shape index (κ1) is 22.6. The van der Waals surface area contributed by atoms with Crippen molar-refractivity contribution in [3.8, 4) is 0 Å². The Morgan fingerprint density at radius 3 is 2.37 bits per heavy atom. The molecule has 35 heavy (non-hydrogen) atoms. The zero-order valence-electron chi connectivity index (χ0n) is 20.3. The van der Waals surface area contributed by atoms with E-state index < -0.39 is 0 Å². The molecule has 0 bridgehead atoms. The van der Waals surface area contributed by atoms with Crippen LogP contribution in [0.2, 0.25) is 0 Å². The number of anilines is 1. The van der Waals surface area contributed by atoms with Crippen LogP contribution in [-0.4, -0.2) is 23.4 Å². The summed E-state index contributed by atoms with van der Waals surface area (Å²) in [6.45, 7) is 5.28. The fraction of sp³-hybridized carbons (Fsp3) is 0.161. The predicted octanol–water partition coefficient (Wildman–Crippen LogP) is 6.83. The van der Waals surface area contributed by atoms with E-state index in [1.165, 1.54) is 34.8 Å². The third kappa shape index (κ3) is 4.24. The van der Waals surface area contributed by atoms with Gasteiger partial charge in [0.1, 0.15) is 0 Å². The number of fused-ring (bicyclic) bond motifs is 3. The van der Waals surface area contributed by atoms with Gasteiger partial charge in [0.2, 0.25) is 5.69 Å². The Morgan fingerprint density at radius 1 is 0.914 bits per heavy atom. The normalized spacial score (nSPS) is 14.4. The number of carbonyl (C=O) groups excluding carboxylic acids is 1. The molecule has 0 radical (unpaired) electrons. The average molecular weight is 462 g/mol. The summed E-state index contributed by atoms with van der Waals surface area (Å²) in [6, 6.07) is 30.8. The molecule has 1 N–H and O–H groups in total. The van der Waals surface area contributed by atoms with E-state index in [1.54, 1.807) is 0 Å². The number of para-hydroxylation sites is 1. The minimum Gasteiger partial charge on any atom is -0.465 e. The standard InChI is InChI=1S/C31H28N2O2/c1-31(2)28(19-20-32-25-10-5-4-6-11-25)33(21-22-13-15-24(16-14-22)30(34)35-3)27-18-17-23-9-7-8-12-26(23)29(27)31/h4-20H,21H2,1-3H3/p+1. The number of hydrogen-bond donors (Lipinski definition) is 1. The van der Waals surface area contributed by atoms with Crippen molar-refractivity contribution in [2.45, 2.75) is 25.8 Å². The highest BCUT2D eigenvalue weighted by atomic mass is 16.5.